The molecule has 0 aliphatic rings. The highest BCUT2D eigenvalue weighted by Gasteiger charge is 2.08. The highest BCUT2D eigenvalue weighted by molar-refractivity contribution is 9.10. The fourth-order valence-corrected chi connectivity index (χ4v) is 2.30. The summed E-state index contributed by atoms with van der Waals surface area (Å²) in [6.07, 6.45) is 1.39. The molecule has 0 fully saturated rings. The number of nitriles is 1. The van der Waals surface area contributed by atoms with Gasteiger partial charge >= 0.3 is 0 Å². The van der Waals surface area contributed by atoms with Gasteiger partial charge in [0.05, 0.1) is 7.11 Å². The number of carbonyl (C=O) groups is 1. The van der Waals surface area contributed by atoms with E-state index < -0.39 is 5.91 Å². The van der Waals surface area contributed by atoms with Gasteiger partial charge in [0, 0.05) is 22.9 Å². The second-order valence-corrected chi connectivity index (χ2v) is 5.77. The highest BCUT2D eigenvalue weighted by atomic mass is 79.9. The van der Waals surface area contributed by atoms with Crippen molar-refractivity contribution in [1.82, 2.24) is 5.32 Å². The predicted octanol–water partition coefficient (Wildman–Crippen LogP) is 3.59. The number of benzene rings is 2. The summed E-state index contributed by atoms with van der Waals surface area (Å²) in [5.41, 5.74) is 1.70. The second kappa shape index (κ2) is 8.75. The molecule has 0 radical (unpaired) electrons. The fraction of sp³-hybridized carbons (Fsp3) is 0.111. The van der Waals surface area contributed by atoms with E-state index in [1.807, 2.05) is 54.6 Å². The standard InChI is InChI=1S/C18H16BrN3O2/c1-24-17-7-5-13(6-8-17)11-22-18(23)14(10-20)12-21-16-4-2-3-15(19)9-16/h2-9,12,21H,11H2,1H3,(H,22,23)/b14-12-. The van der Waals surface area contributed by atoms with Crippen molar-refractivity contribution in [3.05, 3.63) is 70.3 Å². The van der Waals surface area contributed by atoms with Gasteiger partial charge in [-0.25, -0.2) is 0 Å². The van der Waals surface area contributed by atoms with E-state index >= 15 is 0 Å². The number of ether oxygens (including phenoxy) is 1. The Hall–Kier alpha value is -2.78. The second-order valence-electron chi connectivity index (χ2n) is 4.86. The van der Waals surface area contributed by atoms with E-state index in [9.17, 15) is 4.79 Å². The number of hydrogen-bond acceptors (Lipinski definition) is 4. The molecule has 0 aliphatic heterocycles. The van der Waals surface area contributed by atoms with E-state index in [4.69, 9.17) is 10.00 Å². The zero-order chi connectivity index (χ0) is 17.4. The molecule has 0 heterocycles. The van der Waals surface area contributed by atoms with Gasteiger partial charge < -0.3 is 15.4 Å². The van der Waals surface area contributed by atoms with Gasteiger partial charge in [0.15, 0.2) is 0 Å². The lowest BCUT2D eigenvalue weighted by Gasteiger charge is -2.06. The Labute approximate surface area is 149 Å². The molecule has 0 atom stereocenters. The van der Waals surface area contributed by atoms with E-state index in [0.717, 1.165) is 21.5 Å². The molecule has 1 amide bonds. The van der Waals surface area contributed by atoms with Gasteiger partial charge in [-0.2, -0.15) is 5.26 Å². The summed E-state index contributed by atoms with van der Waals surface area (Å²) in [4.78, 5) is 12.1. The Morgan fingerprint density at radius 3 is 2.67 bits per heavy atom. The van der Waals surface area contributed by atoms with Crippen molar-refractivity contribution < 1.29 is 9.53 Å². The minimum Gasteiger partial charge on any atom is -0.497 e. The lowest BCUT2D eigenvalue weighted by molar-refractivity contribution is -0.117. The lowest BCUT2D eigenvalue weighted by Crippen LogP contribution is -2.24. The van der Waals surface area contributed by atoms with Crippen LogP contribution in [0.25, 0.3) is 0 Å². The van der Waals surface area contributed by atoms with E-state index in [1.54, 1.807) is 7.11 Å². The van der Waals surface area contributed by atoms with Crippen molar-refractivity contribution in [2.24, 2.45) is 0 Å². The van der Waals surface area contributed by atoms with Gasteiger partial charge in [-0.1, -0.05) is 34.1 Å². The molecule has 2 aromatic carbocycles. The van der Waals surface area contributed by atoms with Crippen molar-refractivity contribution in [3.63, 3.8) is 0 Å². The third-order valence-corrected chi connectivity index (χ3v) is 3.68. The molecule has 0 saturated carbocycles. The van der Waals surface area contributed by atoms with Crippen LogP contribution in [0.5, 0.6) is 5.75 Å². The van der Waals surface area contributed by atoms with E-state index in [-0.39, 0.29) is 5.57 Å². The molecule has 6 heteroatoms. The first-order valence-electron chi connectivity index (χ1n) is 7.16. The minimum absolute atomic E-state index is 0.00323. The number of halogens is 1. The Morgan fingerprint density at radius 1 is 1.29 bits per heavy atom. The maximum absolute atomic E-state index is 12.1. The summed E-state index contributed by atoms with van der Waals surface area (Å²) in [7, 11) is 1.60. The quantitative estimate of drug-likeness (QED) is 0.588. The molecule has 2 aromatic rings. The number of methoxy groups -OCH3 is 1. The number of anilines is 1. The average molecular weight is 386 g/mol. The van der Waals surface area contributed by atoms with Gasteiger partial charge in [-0.3, -0.25) is 4.79 Å². The van der Waals surface area contributed by atoms with Crippen LogP contribution < -0.4 is 15.4 Å². The molecule has 24 heavy (non-hydrogen) atoms. The van der Waals surface area contributed by atoms with Crippen molar-refractivity contribution in [1.29, 1.82) is 5.26 Å². The van der Waals surface area contributed by atoms with Crippen molar-refractivity contribution in [2.75, 3.05) is 12.4 Å². The van der Waals surface area contributed by atoms with Crippen LogP contribution in [0.15, 0.2) is 64.8 Å². The Bertz CT molecular complexity index is 780. The molecular formula is C18H16BrN3O2. The molecule has 0 saturated heterocycles. The highest BCUT2D eigenvalue weighted by Crippen LogP contribution is 2.16. The zero-order valence-electron chi connectivity index (χ0n) is 13.0. The summed E-state index contributed by atoms with van der Waals surface area (Å²) in [5, 5.41) is 14.8. The van der Waals surface area contributed by atoms with Gasteiger partial charge in [0.2, 0.25) is 0 Å². The zero-order valence-corrected chi connectivity index (χ0v) is 14.6. The van der Waals surface area contributed by atoms with Crippen LogP contribution in [0.1, 0.15) is 5.56 Å². The van der Waals surface area contributed by atoms with E-state index in [0.29, 0.717) is 6.54 Å². The minimum atomic E-state index is -0.434. The van der Waals surface area contributed by atoms with Crippen LogP contribution >= 0.6 is 15.9 Å². The maximum Gasteiger partial charge on any atom is 0.263 e. The van der Waals surface area contributed by atoms with Crippen LogP contribution in [0.4, 0.5) is 5.69 Å². The largest absolute Gasteiger partial charge is 0.497 e. The summed E-state index contributed by atoms with van der Waals surface area (Å²) in [6.45, 7) is 0.332. The molecule has 2 rings (SSSR count). The molecular weight excluding hydrogens is 370 g/mol. The number of hydrogen-bond donors (Lipinski definition) is 2. The maximum atomic E-state index is 12.1. The van der Waals surface area contributed by atoms with E-state index in [2.05, 4.69) is 26.6 Å². The first-order chi connectivity index (χ1) is 11.6. The van der Waals surface area contributed by atoms with Gasteiger partial charge in [0.25, 0.3) is 5.91 Å². The van der Waals surface area contributed by atoms with Gasteiger partial charge in [-0.15, -0.1) is 0 Å². The number of carbonyl (C=O) groups excluding carboxylic acids is 1. The van der Waals surface area contributed by atoms with Gasteiger partial charge in [-0.05, 0) is 35.9 Å². The molecule has 0 aromatic heterocycles. The Kier molecular flexibility index (Phi) is 6.41. The summed E-state index contributed by atoms with van der Waals surface area (Å²) in [5.74, 6) is 0.316. The molecule has 2 N–H and O–H groups in total. The first-order valence-corrected chi connectivity index (χ1v) is 7.95. The van der Waals surface area contributed by atoms with E-state index in [1.165, 1.54) is 6.20 Å². The van der Waals surface area contributed by atoms with Crippen LogP contribution in [0.3, 0.4) is 0 Å². The monoisotopic (exact) mass is 385 g/mol. The Morgan fingerprint density at radius 2 is 2.04 bits per heavy atom. The smallest absolute Gasteiger partial charge is 0.263 e. The number of nitrogens with one attached hydrogen (secondary N) is 2. The molecule has 0 aliphatic carbocycles. The SMILES string of the molecule is COc1ccc(CNC(=O)/C(C#N)=C\Nc2cccc(Br)c2)cc1. The topological polar surface area (TPSA) is 74.1 Å². The normalized spacial score (nSPS) is 10.6. The van der Waals surface area contributed by atoms with Gasteiger partial charge in [0.1, 0.15) is 17.4 Å². The molecule has 5 nitrogen and oxygen atoms in total. The number of amides is 1. The van der Waals surface area contributed by atoms with Crippen molar-refractivity contribution in [2.45, 2.75) is 6.54 Å². The Balaban J connectivity index is 1.95. The van der Waals surface area contributed by atoms with Crippen molar-refractivity contribution >= 4 is 27.5 Å². The predicted molar refractivity (Wildman–Crippen MR) is 96.3 cm³/mol. The molecule has 0 unspecified atom stereocenters. The summed E-state index contributed by atoms with van der Waals surface area (Å²) in [6, 6.07) is 16.7. The van der Waals surface area contributed by atoms with Crippen LogP contribution in [0, 0.1) is 11.3 Å². The third kappa shape index (κ3) is 5.14. The lowest BCUT2D eigenvalue weighted by atomic mass is 10.2. The van der Waals surface area contributed by atoms with Crippen LogP contribution in [-0.4, -0.2) is 13.0 Å². The summed E-state index contributed by atoms with van der Waals surface area (Å²) < 4.78 is 5.99. The average Bonchev–Trinajstić information content (AvgIpc) is 2.61. The molecule has 122 valence electrons. The first kappa shape index (κ1) is 17.6. The van der Waals surface area contributed by atoms with Crippen LogP contribution in [0.2, 0.25) is 0 Å². The van der Waals surface area contributed by atoms with Crippen molar-refractivity contribution in [3.8, 4) is 11.8 Å². The molecule has 0 spiro atoms. The number of rotatable bonds is 6. The number of nitrogens with zero attached hydrogens (tertiary/aromatic N) is 1. The third-order valence-electron chi connectivity index (χ3n) is 3.18. The van der Waals surface area contributed by atoms with Crippen LogP contribution in [-0.2, 0) is 11.3 Å². The summed E-state index contributed by atoms with van der Waals surface area (Å²) >= 11 is 3.36. The fourth-order valence-electron chi connectivity index (χ4n) is 1.90. The molecule has 0 bridgehead atoms.